The molecular formula is C26H28ClF2N5O3. The third kappa shape index (κ3) is 4.63. The van der Waals surface area contributed by atoms with Crippen LogP contribution < -0.4 is 4.90 Å². The van der Waals surface area contributed by atoms with Crippen molar-refractivity contribution < 1.29 is 23.5 Å². The second kappa shape index (κ2) is 9.55. The van der Waals surface area contributed by atoms with Gasteiger partial charge in [-0.05, 0) is 50.2 Å². The van der Waals surface area contributed by atoms with Crippen molar-refractivity contribution >= 4 is 34.9 Å². The molecule has 3 atom stereocenters. The molecule has 2 aromatic heterocycles. The zero-order chi connectivity index (χ0) is 26.6. The van der Waals surface area contributed by atoms with E-state index in [-0.39, 0.29) is 47.4 Å². The van der Waals surface area contributed by atoms with Crippen molar-refractivity contribution in [1.29, 1.82) is 0 Å². The predicted molar refractivity (Wildman–Crippen MR) is 135 cm³/mol. The van der Waals surface area contributed by atoms with Crippen LogP contribution in [0.15, 0.2) is 24.3 Å². The number of likely N-dealkylation sites (tertiary alicyclic amines) is 1. The molecule has 0 radical (unpaired) electrons. The lowest BCUT2D eigenvalue weighted by atomic mass is 10.1. The van der Waals surface area contributed by atoms with Crippen molar-refractivity contribution in [2.24, 2.45) is 17.8 Å². The summed E-state index contributed by atoms with van der Waals surface area (Å²) in [7, 11) is 0. The Morgan fingerprint density at radius 3 is 2.38 bits per heavy atom. The van der Waals surface area contributed by atoms with Crippen molar-refractivity contribution in [2.75, 3.05) is 24.5 Å². The molecule has 3 heterocycles. The minimum absolute atomic E-state index is 0.0808. The Kier molecular flexibility index (Phi) is 6.55. The van der Waals surface area contributed by atoms with E-state index in [1.54, 1.807) is 21.5 Å². The SMILES string of the molecule is CCCN(c1cc(-c2cc(F)c(Cl)c(F)c2)nc2cc(C(=O)N3C[C@@H]4C(CC(=O)O)[C@@H]4C3)nn12)C(C)C. The van der Waals surface area contributed by atoms with E-state index in [9.17, 15) is 18.4 Å². The van der Waals surface area contributed by atoms with Crippen LogP contribution in [0.2, 0.25) is 5.02 Å². The standard InChI is InChI=1S/C26H28ClF2N5O3/c1-4-5-33(13(2)3)23-10-20(14-6-18(28)25(27)19(29)7-14)30-22-9-21(31-34(22)23)26(37)32-11-16-15(8-24(35)36)17(16)12-32/h6-7,9-10,13,15-17H,4-5,8,11-12H2,1-3H3,(H,35,36)/t15?,16-,17+. The van der Waals surface area contributed by atoms with Gasteiger partial charge in [-0.25, -0.2) is 13.8 Å². The van der Waals surface area contributed by atoms with Crippen LogP contribution in [0.3, 0.4) is 0 Å². The Hall–Kier alpha value is -3.27. The lowest BCUT2D eigenvalue weighted by Crippen LogP contribution is -2.34. The van der Waals surface area contributed by atoms with Gasteiger partial charge in [0.2, 0.25) is 0 Å². The number of carbonyl (C=O) groups excluding carboxylic acids is 1. The highest BCUT2D eigenvalue weighted by Crippen LogP contribution is 2.53. The molecule has 196 valence electrons. The Morgan fingerprint density at radius 2 is 1.81 bits per heavy atom. The molecule has 1 saturated heterocycles. The molecule has 8 nitrogen and oxygen atoms in total. The number of piperidine rings is 1. The normalized spacial score (nSPS) is 20.5. The average Bonchev–Trinajstić information content (AvgIpc) is 3.20. The smallest absolute Gasteiger partial charge is 0.303 e. The van der Waals surface area contributed by atoms with E-state index in [4.69, 9.17) is 16.7 Å². The molecule has 0 bridgehead atoms. The van der Waals surface area contributed by atoms with Crippen LogP contribution in [0, 0.1) is 29.4 Å². The maximum absolute atomic E-state index is 14.3. The molecule has 11 heteroatoms. The van der Waals surface area contributed by atoms with Crippen LogP contribution in [0.4, 0.5) is 14.6 Å². The number of aromatic nitrogens is 3. The van der Waals surface area contributed by atoms with E-state index < -0.39 is 22.6 Å². The first-order valence-electron chi connectivity index (χ1n) is 12.4. The van der Waals surface area contributed by atoms with E-state index >= 15 is 0 Å². The van der Waals surface area contributed by atoms with Gasteiger partial charge in [-0.15, -0.1) is 0 Å². The molecule has 1 aliphatic heterocycles. The number of amides is 1. The van der Waals surface area contributed by atoms with Gasteiger partial charge in [0, 0.05) is 49.8 Å². The maximum atomic E-state index is 14.3. The number of hydrogen-bond acceptors (Lipinski definition) is 5. The van der Waals surface area contributed by atoms with Gasteiger partial charge in [0.05, 0.1) is 5.69 Å². The molecular weight excluding hydrogens is 504 g/mol. The van der Waals surface area contributed by atoms with E-state index in [0.29, 0.717) is 36.8 Å². The van der Waals surface area contributed by atoms with E-state index in [1.807, 2.05) is 20.8 Å². The summed E-state index contributed by atoms with van der Waals surface area (Å²) in [4.78, 5) is 32.7. The third-order valence-electron chi connectivity index (χ3n) is 7.36. The van der Waals surface area contributed by atoms with Gasteiger partial charge >= 0.3 is 5.97 Å². The van der Waals surface area contributed by atoms with E-state index in [1.165, 1.54) is 0 Å². The number of benzene rings is 1. The average molecular weight is 532 g/mol. The fourth-order valence-electron chi connectivity index (χ4n) is 5.48. The summed E-state index contributed by atoms with van der Waals surface area (Å²) in [5.74, 6) is -1.60. The minimum Gasteiger partial charge on any atom is -0.481 e. The fraction of sp³-hybridized carbons (Fsp3) is 0.462. The zero-order valence-corrected chi connectivity index (χ0v) is 21.5. The van der Waals surface area contributed by atoms with Gasteiger partial charge in [0.25, 0.3) is 5.91 Å². The van der Waals surface area contributed by atoms with Crippen LogP contribution >= 0.6 is 11.6 Å². The summed E-state index contributed by atoms with van der Waals surface area (Å²) in [6.07, 6.45) is 0.985. The molecule has 0 spiro atoms. The minimum atomic E-state index is -0.882. The number of fused-ring (bicyclic) bond motifs is 2. The largest absolute Gasteiger partial charge is 0.481 e. The Morgan fingerprint density at radius 1 is 1.16 bits per heavy atom. The molecule has 1 aliphatic carbocycles. The number of carboxylic acids is 1. The molecule has 5 rings (SSSR count). The van der Waals surface area contributed by atoms with Gasteiger partial charge in [-0.2, -0.15) is 9.61 Å². The first-order chi connectivity index (χ1) is 17.6. The summed E-state index contributed by atoms with van der Waals surface area (Å²) in [5, 5.41) is 13.1. The molecule has 3 aromatic rings. The number of aliphatic carboxylic acids is 1. The van der Waals surface area contributed by atoms with Crippen LogP contribution in [0.5, 0.6) is 0 Å². The Balaban J connectivity index is 1.52. The van der Waals surface area contributed by atoms with E-state index in [0.717, 1.165) is 18.6 Å². The number of carboxylic acid groups (broad SMARTS) is 1. The summed E-state index contributed by atoms with van der Waals surface area (Å²) in [6.45, 7) is 7.83. The summed E-state index contributed by atoms with van der Waals surface area (Å²) < 4.78 is 30.1. The van der Waals surface area contributed by atoms with Crippen LogP contribution in [0.1, 0.15) is 44.1 Å². The summed E-state index contributed by atoms with van der Waals surface area (Å²) in [6, 6.07) is 5.66. The number of carbonyl (C=O) groups is 2. The predicted octanol–water partition coefficient (Wildman–Crippen LogP) is 4.75. The molecule has 1 aromatic carbocycles. The number of hydrogen-bond donors (Lipinski definition) is 1. The van der Waals surface area contributed by atoms with Gasteiger partial charge < -0.3 is 14.9 Å². The van der Waals surface area contributed by atoms with Crippen molar-refractivity contribution in [3.8, 4) is 11.3 Å². The van der Waals surface area contributed by atoms with Gasteiger partial charge in [-0.1, -0.05) is 18.5 Å². The number of rotatable bonds is 8. The third-order valence-corrected chi connectivity index (χ3v) is 7.72. The highest BCUT2D eigenvalue weighted by atomic mass is 35.5. The highest BCUT2D eigenvalue weighted by molar-refractivity contribution is 6.31. The molecule has 37 heavy (non-hydrogen) atoms. The van der Waals surface area contributed by atoms with Gasteiger partial charge in [0.15, 0.2) is 11.3 Å². The second-order valence-corrected chi connectivity index (χ2v) is 10.5. The van der Waals surface area contributed by atoms with Gasteiger partial charge in [-0.3, -0.25) is 9.59 Å². The van der Waals surface area contributed by atoms with Crippen LogP contribution in [-0.4, -0.2) is 62.2 Å². The maximum Gasteiger partial charge on any atom is 0.303 e. The quantitative estimate of drug-likeness (QED) is 0.422. The molecule has 1 amide bonds. The Bertz CT molecular complexity index is 1360. The number of nitrogens with zero attached hydrogens (tertiary/aromatic N) is 5. The fourth-order valence-corrected chi connectivity index (χ4v) is 5.59. The monoisotopic (exact) mass is 531 g/mol. The van der Waals surface area contributed by atoms with Crippen molar-refractivity contribution in [1.82, 2.24) is 19.5 Å². The molecule has 1 N–H and O–H groups in total. The number of halogens is 3. The van der Waals surface area contributed by atoms with Crippen molar-refractivity contribution in [2.45, 2.75) is 39.7 Å². The number of anilines is 1. The van der Waals surface area contributed by atoms with Crippen LogP contribution in [0.25, 0.3) is 16.9 Å². The highest BCUT2D eigenvalue weighted by Gasteiger charge is 2.57. The summed E-state index contributed by atoms with van der Waals surface area (Å²) >= 11 is 5.68. The lowest BCUT2D eigenvalue weighted by Gasteiger charge is -2.29. The van der Waals surface area contributed by atoms with Crippen molar-refractivity contribution in [3.63, 3.8) is 0 Å². The van der Waals surface area contributed by atoms with Crippen LogP contribution in [-0.2, 0) is 4.79 Å². The first kappa shape index (κ1) is 25.4. The lowest BCUT2D eigenvalue weighted by molar-refractivity contribution is -0.137. The first-order valence-corrected chi connectivity index (χ1v) is 12.8. The zero-order valence-electron chi connectivity index (χ0n) is 20.8. The molecule has 1 saturated carbocycles. The molecule has 2 fully saturated rings. The topological polar surface area (TPSA) is 91.0 Å². The van der Waals surface area contributed by atoms with Gasteiger partial charge in [0.1, 0.15) is 22.5 Å². The molecule has 1 unspecified atom stereocenters. The molecule has 2 aliphatic rings. The summed E-state index contributed by atoms with van der Waals surface area (Å²) in [5.41, 5.74) is 1.15. The van der Waals surface area contributed by atoms with E-state index in [2.05, 4.69) is 15.0 Å². The second-order valence-electron chi connectivity index (χ2n) is 10.1. The Labute approximate surface area is 217 Å². The van der Waals surface area contributed by atoms with Crippen molar-refractivity contribution in [3.05, 3.63) is 46.6 Å².